The quantitative estimate of drug-likeness (QED) is 0.909. The molecule has 2 aromatic rings. The lowest BCUT2D eigenvalue weighted by Gasteiger charge is -2.22. The summed E-state index contributed by atoms with van der Waals surface area (Å²) in [6, 6.07) is 16.4. The number of ether oxygens (including phenoxy) is 2. The summed E-state index contributed by atoms with van der Waals surface area (Å²) in [5.74, 6) is 0.841. The molecule has 0 bridgehead atoms. The minimum Gasteiger partial charge on any atom is -0.497 e. The van der Waals surface area contributed by atoms with Crippen LogP contribution in [0.3, 0.4) is 0 Å². The van der Waals surface area contributed by atoms with Crippen LogP contribution < -0.4 is 10.1 Å². The number of nitrogens with one attached hydrogen (secondary N) is 2. The van der Waals surface area contributed by atoms with Gasteiger partial charge < -0.3 is 14.8 Å². The molecular weight excluding hydrogens is 264 g/mol. The Kier molecular flexibility index (Phi) is 3.29. The zero-order valence-corrected chi connectivity index (χ0v) is 12.1. The third-order valence-corrected chi connectivity index (χ3v) is 3.80. The van der Waals surface area contributed by atoms with Crippen molar-refractivity contribution in [1.29, 1.82) is 5.41 Å². The third kappa shape index (κ3) is 2.57. The Morgan fingerprint density at radius 3 is 2.52 bits per heavy atom. The van der Waals surface area contributed by atoms with Crippen molar-refractivity contribution in [2.45, 2.75) is 12.5 Å². The van der Waals surface area contributed by atoms with Gasteiger partial charge in [0.2, 0.25) is 0 Å². The Morgan fingerprint density at radius 1 is 1.14 bits per heavy atom. The molecule has 1 atom stereocenters. The van der Waals surface area contributed by atoms with Crippen molar-refractivity contribution >= 4 is 6.02 Å². The van der Waals surface area contributed by atoms with Crippen LogP contribution in [0, 0.1) is 5.41 Å². The van der Waals surface area contributed by atoms with Crippen molar-refractivity contribution in [3.05, 3.63) is 54.1 Å². The molecule has 1 aliphatic heterocycles. The normalized spacial score (nSPS) is 20.8. The molecule has 0 aliphatic carbocycles. The van der Waals surface area contributed by atoms with Gasteiger partial charge in [-0.05, 0) is 41.8 Å². The summed E-state index contributed by atoms with van der Waals surface area (Å²) >= 11 is 0. The van der Waals surface area contributed by atoms with Gasteiger partial charge in [-0.25, -0.2) is 0 Å². The first-order chi connectivity index (χ1) is 10.1. The maximum Gasteiger partial charge on any atom is 0.282 e. The molecule has 1 saturated heterocycles. The number of hydrogen-bond donors (Lipinski definition) is 2. The van der Waals surface area contributed by atoms with Crippen LogP contribution >= 0.6 is 0 Å². The van der Waals surface area contributed by atoms with Crippen LogP contribution in [0.15, 0.2) is 48.5 Å². The Hall–Kier alpha value is -2.49. The molecule has 0 radical (unpaired) electrons. The minimum atomic E-state index is -0.355. The van der Waals surface area contributed by atoms with E-state index in [1.165, 1.54) is 0 Å². The lowest BCUT2D eigenvalue weighted by molar-refractivity contribution is 0.276. The molecule has 0 amide bonds. The van der Waals surface area contributed by atoms with E-state index in [0.717, 1.165) is 22.4 Å². The predicted molar refractivity (Wildman–Crippen MR) is 82.6 cm³/mol. The second-order valence-corrected chi connectivity index (χ2v) is 5.39. The number of methoxy groups -OCH3 is 1. The zero-order chi connectivity index (χ0) is 14.9. The summed E-state index contributed by atoms with van der Waals surface area (Å²) in [7, 11) is 1.67. The molecule has 108 valence electrons. The molecule has 21 heavy (non-hydrogen) atoms. The largest absolute Gasteiger partial charge is 0.497 e. The van der Waals surface area contributed by atoms with Gasteiger partial charge in [-0.3, -0.25) is 5.41 Å². The molecule has 0 aromatic heterocycles. The van der Waals surface area contributed by atoms with E-state index < -0.39 is 0 Å². The predicted octanol–water partition coefficient (Wildman–Crippen LogP) is 3.13. The molecule has 0 spiro atoms. The highest BCUT2D eigenvalue weighted by Crippen LogP contribution is 2.30. The summed E-state index contributed by atoms with van der Waals surface area (Å²) < 4.78 is 10.5. The van der Waals surface area contributed by atoms with Crippen molar-refractivity contribution in [3.63, 3.8) is 0 Å². The van der Waals surface area contributed by atoms with E-state index in [0.29, 0.717) is 6.61 Å². The Balaban J connectivity index is 1.98. The molecule has 0 saturated carbocycles. The van der Waals surface area contributed by atoms with E-state index >= 15 is 0 Å². The van der Waals surface area contributed by atoms with Crippen LogP contribution in [0.5, 0.6) is 5.75 Å². The molecule has 4 heteroatoms. The zero-order valence-electron chi connectivity index (χ0n) is 12.1. The average molecular weight is 282 g/mol. The molecule has 2 aromatic carbocycles. The van der Waals surface area contributed by atoms with Gasteiger partial charge in [0.05, 0.1) is 12.6 Å². The highest BCUT2D eigenvalue weighted by molar-refractivity contribution is 5.74. The summed E-state index contributed by atoms with van der Waals surface area (Å²) in [5.41, 5.74) is 2.97. The number of hydrogen-bond acceptors (Lipinski definition) is 3. The smallest absolute Gasteiger partial charge is 0.282 e. The van der Waals surface area contributed by atoms with Crippen LogP contribution in [-0.4, -0.2) is 19.7 Å². The summed E-state index contributed by atoms with van der Waals surface area (Å²) in [4.78, 5) is 0. The molecule has 1 aliphatic rings. The number of rotatable bonds is 3. The maximum atomic E-state index is 7.57. The van der Waals surface area contributed by atoms with Crippen LogP contribution in [0.2, 0.25) is 0 Å². The van der Waals surface area contributed by atoms with Gasteiger partial charge in [-0.2, -0.15) is 0 Å². The average Bonchev–Trinajstić information content (AvgIpc) is 2.88. The first-order valence-corrected chi connectivity index (χ1v) is 6.85. The van der Waals surface area contributed by atoms with Gasteiger partial charge in [0, 0.05) is 0 Å². The fourth-order valence-electron chi connectivity index (χ4n) is 2.54. The molecule has 1 fully saturated rings. The lowest BCUT2D eigenvalue weighted by atomic mass is 9.91. The van der Waals surface area contributed by atoms with Crippen molar-refractivity contribution in [2.75, 3.05) is 13.7 Å². The Labute approximate surface area is 124 Å². The van der Waals surface area contributed by atoms with Crippen LogP contribution in [0.25, 0.3) is 11.1 Å². The molecule has 1 heterocycles. The highest BCUT2D eigenvalue weighted by Gasteiger charge is 2.34. The monoisotopic (exact) mass is 282 g/mol. The topological polar surface area (TPSA) is 54.3 Å². The second kappa shape index (κ2) is 5.13. The van der Waals surface area contributed by atoms with Gasteiger partial charge in [0.15, 0.2) is 0 Å². The van der Waals surface area contributed by atoms with Crippen LogP contribution in [0.4, 0.5) is 0 Å². The lowest BCUT2D eigenvalue weighted by Crippen LogP contribution is -2.37. The van der Waals surface area contributed by atoms with E-state index in [1.807, 2.05) is 31.2 Å². The van der Waals surface area contributed by atoms with Crippen molar-refractivity contribution in [2.24, 2.45) is 0 Å². The van der Waals surface area contributed by atoms with Crippen molar-refractivity contribution < 1.29 is 9.47 Å². The summed E-state index contributed by atoms with van der Waals surface area (Å²) in [6.45, 7) is 2.51. The van der Waals surface area contributed by atoms with Gasteiger partial charge in [0.25, 0.3) is 6.02 Å². The molecule has 2 N–H and O–H groups in total. The second-order valence-electron chi connectivity index (χ2n) is 5.39. The molecule has 3 rings (SSSR count). The molecule has 4 nitrogen and oxygen atoms in total. The van der Waals surface area contributed by atoms with E-state index in [2.05, 4.69) is 29.6 Å². The summed E-state index contributed by atoms with van der Waals surface area (Å²) in [5, 5.41) is 10.7. The fraction of sp³-hybridized carbons (Fsp3) is 0.235. The van der Waals surface area contributed by atoms with E-state index in [4.69, 9.17) is 14.9 Å². The van der Waals surface area contributed by atoms with Crippen molar-refractivity contribution in [3.8, 4) is 16.9 Å². The molecular formula is C17H18N2O2. The van der Waals surface area contributed by atoms with Gasteiger partial charge in [0.1, 0.15) is 12.4 Å². The standard InChI is InChI=1S/C17H18N2O2/c1-17(11-21-16(18)19-17)14-7-3-5-12(9-14)13-6-4-8-15(10-13)20-2/h3-10H,11H2,1-2H3,(H2,18,19). The van der Waals surface area contributed by atoms with E-state index in [-0.39, 0.29) is 11.6 Å². The molecule has 1 unspecified atom stereocenters. The van der Waals surface area contributed by atoms with Crippen LogP contribution in [-0.2, 0) is 10.3 Å². The van der Waals surface area contributed by atoms with Gasteiger partial charge in [-0.15, -0.1) is 0 Å². The van der Waals surface area contributed by atoms with Crippen molar-refractivity contribution in [1.82, 2.24) is 5.32 Å². The fourth-order valence-corrected chi connectivity index (χ4v) is 2.54. The van der Waals surface area contributed by atoms with E-state index in [9.17, 15) is 0 Å². The van der Waals surface area contributed by atoms with Gasteiger partial charge in [-0.1, -0.05) is 30.3 Å². The number of amidine groups is 1. The van der Waals surface area contributed by atoms with Gasteiger partial charge >= 0.3 is 0 Å². The Morgan fingerprint density at radius 2 is 1.86 bits per heavy atom. The van der Waals surface area contributed by atoms with Crippen LogP contribution in [0.1, 0.15) is 12.5 Å². The first kappa shape index (κ1) is 13.5. The third-order valence-electron chi connectivity index (χ3n) is 3.80. The maximum absolute atomic E-state index is 7.57. The first-order valence-electron chi connectivity index (χ1n) is 6.85. The summed E-state index contributed by atoms with van der Waals surface area (Å²) in [6.07, 6.45) is 0. The highest BCUT2D eigenvalue weighted by atomic mass is 16.5. The Bertz CT molecular complexity index is 684. The number of benzene rings is 2. The SMILES string of the molecule is COc1cccc(-c2cccc(C3(C)COC(=N)N3)c2)c1. The van der Waals surface area contributed by atoms with E-state index in [1.54, 1.807) is 7.11 Å². The minimum absolute atomic E-state index is 0.129.